The fraction of sp³-hybridized carbons (Fsp3) is 0.600. The molecule has 0 atom stereocenters. The van der Waals surface area contributed by atoms with Crippen molar-refractivity contribution in [1.29, 1.82) is 0 Å². The quantitative estimate of drug-likeness (QED) is 0.834. The van der Waals surface area contributed by atoms with Gasteiger partial charge in [-0.3, -0.25) is 14.2 Å². The highest BCUT2D eigenvalue weighted by Crippen LogP contribution is 2.29. The van der Waals surface area contributed by atoms with E-state index in [0.29, 0.717) is 13.1 Å². The van der Waals surface area contributed by atoms with Crippen LogP contribution in [-0.4, -0.2) is 54.3 Å². The van der Waals surface area contributed by atoms with E-state index in [1.165, 1.54) is 0 Å². The third kappa shape index (κ3) is 2.86. The molecule has 1 amide bonds. The maximum absolute atomic E-state index is 12.6. The predicted molar refractivity (Wildman–Crippen MR) is 84.6 cm³/mol. The molecule has 1 aliphatic rings. The van der Waals surface area contributed by atoms with Gasteiger partial charge in [0.25, 0.3) is 5.91 Å². The minimum absolute atomic E-state index is 0.132. The third-order valence-corrected chi connectivity index (χ3v) is 3.92. The van der Waals surface area contributed by atoms with Crippen molar-refractivity contribution >= 4 is 5.91 Å². The van der Waals surface area contributed by atoms with Crippen molar-refractivity contribution in [3.63, 3.8) is 0 Å². The van der Waals surface area contributed by atoms with Crippen molar-refractivity contribution < 1.29 is 4.79 Å². The third-order valence-electron chi connectivity index (χ3n) is 3.92. The van der Waals surface area contributed by atoms with Gasteiger partial charge < -0.3 is 9.80 Å². The molecule has 3 rings (SSSR count). The molecule has 1 aliphatic heterocycles. The van der Waals surface area contributed by atoms with Crippen LogP contribution in [0.15, 0.2) is 6.33 Å². The number of carbonyl (C=O) groups excluding carboxylic acids is 1. The van der Waals surface area contributed by atoms with Crippen LogP contribution in [0.25, 0.3) is 0 Å². The molecule has 2 aromatic rings. The van der Waals surface area contributed by atoms with Crippen LogP contribution in [0, 0.1) is 0 Å². The van der Waals surface area contributed by atoms with Gasteiger partial charge in [-0.15, -0.1) is 5.10 Å². The molecule has 0 aromatic carbocycles. The molecule has 3 heterocycles. The highest BCUT2D eigenvalue weighted by atomic mass is 16.2. The summed E-state index contributed by atoms with van der Waals surface area (Å²) >= 11 is 0. The Morgan fingerprint density at radius 3 is 2.61 bits per heavy atom. The second kappa shape index (κ2) is 5.77. The van der Waals surface area contributed by atoms with Crippen LogP contribution in [0.3, 0.4) is 0 Å². The first-order valence-electron chi connectivity index (χ1n) is 7.75. The number of nitrogens with zero attached hydrogens (tertiary/aromatic N) is 7. The molecule has 0 saturated heterocycles. The lowest BCUT2D eigenvalue weighted by Gasteiger charge is -2.16. The maximum Gasteiger partial charge on any atom is 0.294 e. The van der Waals surface area contributed by atoms with Crippen molar-refractivity contribution in [2.75, 3.05) is 14.1 Å². The Morgan fingerprint density at radius 2 is 2.04 bits per heavy atom. The number of hydrogen-bond acceptors (Lipinski definition) is 5. The summed E-state index contributed by atoms with van der Waals surface area (Å²) in [5.41, 5.74) is 3.33. The Morgan fingerprint density at radius 1 is 1.30 bits per heavy atom. The van der Waals surface area contributed by atoms with E-state index in [4.69, 9.17) is 5.10 Å². The SMILES string of the molecule is CC(C)n1nc(CN(C)C)c2c1CN(C(=O)c1ncn(C)n1)C2. The van der Waals surface area contributed by atoms with Gasteiger partial charge in [-0.05, 0) is 27.9 Å². The monoisotopic (exact) mass is 317 g/mol. The number of hydrogen-bond donors (Lipinski definition) is 0. The van der Waals surface area contributed by atoms with Crippen molar-refractivity contribution in [2.24, 2.45) is 7.05 Å². The first kappa shape index (κ1) is 15.7. The number of amides is 1. The van der Waals surface area contributed by atoms with Gasteiger partial charge in [0.05, 0.1) is 24.5 Å². The predicted octanol–water partition coefficient (Wildman–Crippen LogP) is 0.810. The molecule has 0 bridgehead atoms. The standard InChI is InChI=1S/C15H23N7O/c1-10(2)22-13-8-21(15(23)14-16-9-20(5)18-14)6-11(13)12(17-22)7-19(3)4/h9-10H,6-8H2,1-5H3. The van der Waals surface area contributed by atoms with E-state index in [1.807, 2.05) is 18.8 Å². The average molecular weight is 317 g/mol. The van der Waals surface area contributed by atoms with Gasteiger partial charge >= 0.3 is 0 Å². The van der Waals surface area contributed by atoms with Crippen molar-refractivity contribution in [3.05, 3.63) is 29.1 Å². The fourth-order valence-electron chi connectivity index (χ4n) is 2.91. The Kier molecular flexibility index (Phi) is 3.93. The summed E-state index contributed by atoms with van der Waals surface area (Å²) in [6, 6.07) is 0.266. The molecule has 2 aromatic heterocycles. The summed E-state index contributed by atoms with van der Waals surface area (Å²) in [6.45, 7) is 6.12. The number of rotatable bonds is 4. The summed E-state index contributed by atoms with van der Waals surface area (Å²) in [5, 5.41) is 8.86. The van der Waals surface area contributed by atoms with E-state index >= 15 is 0 Å². The van der Waals surface area contributed by atoms with E-state index in [2.05, 4.69) is 28.8 Å². The zero-order chi connectivity index (χ0) is 16.7. The van der Waals surface area contributed by atoms with Crippen LogP contribution in [0.1, 0.15) is 47.5 Å². The zero-order valence-electron chi connectivity index (χ0n) is 14.3. The van der Waals surface area contributed by atoms with E-state index in [-0.39, 0.29) is 17.8 Å². The van der Waals surface area contributed by atoms with Crippen molar-refractivity contribution in [2.45, 2.75) is 39.5 Å². The van der Waals surface area contributed by atoms with Gasteiger partial charge in [-0.2, -0.15) is 5.10 Å². The molecule has 0 radical (unpaired) electrons. The highest BCUT2D eigenvalue weighted by Gasteiger charge is 2.32. The second-order valence-corrected chi connectivity index (χ2v) is 6.55. The zero-order valence-corrected chi connectivity index (χ0v) is 14.3. The Balaban J connectivity index is 1.88. The van der Waals surface area contributed by atoms with Crippen LogP contribution >= 0.6 is 0 Å². The molecule has 124 valence electrons. The van der Waals surface area contributed by atoms with E-state index in [1.54, 1.807) is 23.0 Å². The molecule has 0 aliphatic carbocycles. The Hall–Kier alpha value is -2.22. The molecular formula is C15H23N7O. The topological polar surface area (TPSA) is 72.1 Å². The summed E-state index contributed by atoms with van der Waals surface area (Å²) in [5.74, 6) is 0.115. The van der Waals surface area contributed by atoms with Crippen LogP contribution in [0.5, 0.6) is 0 Å². The Labute approximate surface area is 135 Å². The molecule has 0 N–H and O–H groups in total. The minimum Gasteiger partial charge on any atom is -0.325 e. The van der Waals surface area contributed by atoms with Gasteiger partial charge in [0, 0.05) is 25.2 Å². The first-order chi connectivity index (χ1) is 10.9. The minimum atomic E-state index is -0.132. The van der Waals surface area contributed by atoms with Crippen molar-refractivity contribution in [3.8, 4) is 0 Å². The second-order valence-electron chi connectivity index (χ2n) is 6.55. The Bertz CT molecular complexity index is 728. The average Bonchev–Trinajstić information content (AvgIpc) is 3.13. The number of aromatic nitrogens is 5. The molecule has 8 heteroatoms. The van der Waals surface area contributed by atoms with Gasteiger partial charge in [-0.25, -0.2) is 4.98 Å². The summed E-state index contributed by atoms with van der Waals surface area (Å²) in [7, 11) is 5.81. The van der Waals surface area contributed by atoms with Crippen LogP contribution < -0.4 is 0 Å². The van der Waals surface area contributed by atoms with Gasteiger partial charge in [0.15, 0.2) is 0 Å². The van der Waals surface area contributed by atoms with E-state index < -0.39 is 0 Å². The van der Waals surface area contributed by atoms with Crippen LogP contribution in [0.4, 0.5) is 0 Å². The molecule has 0 fully saturated rings. The van der Waals surface area contributed by atoms with Gasteiger partial charge in [0.1, 0.15) is 6.33 Å². The lowest BCUT2D eigenvalue weighted by Crippen LogP contribution is -2.28. The van der Waals surface area contributed by atoms with E-state index in [9.17, 15) is 4.79 Å². The smallest absolute Gasteiger partial charge is 0.294 e. The normalized spacial score (nSPS) is 14.1. The molecular weight excluding hydrogens is 294 g/mol. The summed E-state index contributed by atoms with van der Waals surface area (Å²) in [6.07, 6.45) is 1.55. The molecule has 23 heavy (non-hydrogen) atoms. The highest BCUT2D eigenvalue weighted by molar-refractivity contribution is 5.90. The maximum atomic E-state index is 12.6. The lowest BCUT2D eigenvalue weighted by molar-refractivity contribution is 0.0734. The summed E-state index contributed by atoms with van der Waals surface area (Å²) < 4.78 is 3.58. The number of fused-ring (bicyclic) bond motifs is 1. The van der Waals surface area contributed by atoms with Crippen molar-refractivity contribution in [1.82, 2.24) is 34.3 Å². The first-order valence-corrected chi connectivity index (χ1v) is 7.75. The molecule has 0 spiro atoms. The fourth-order valence-corrected chi connectivity index (χ4v) is 2.91. The van der Waals surface area contributed by atoms with Gasteiger partial charge in [-0.1, -0.05) is 0 Å². The van der Waals surface area contributed by atoms with Crippen LogP contribution in [0.2, 0.25) is 0 Å². The molecule has 0 saturated carbocycles. The lowest BCUT2D eigenvalue weighted by atomic mass is 10.2. The number of aryl methyl sites for hydroxylation is 1. The molecule has 0 unspecified atom stereocenters. The van der Waals surface area contributed by atoms with Gasteiger partial charge in [0.2, 0.25) is 5.82 Å². The van der Waals surface area contributed by atoms with E-state index in [0.717, 1.165) is 23.5 Å². The number of carbonyl (C=O) groups is 1. The molecule has 8 nitrogen and oxygen atoms in total. The summed E-state index contributed by atoms with van der Waals surface area (Å²) in [4.78, 5) is 20.5. The largest absolute Gasteiger partial charge is 0.325 e. The van der Waals surface area contributed by atoms with Crippen LogP contribution in [-0.2, 0) is 26.7 Å².